The molecule has 1 aromatic carbocycles. The SMILES string of the molecule is N#CC1=NN(c2ccc(Cl)cc2Cl)C(=O)C1. The van der Waals surface area contributed by atoms with Crippen LogP contribution < -0.4 is 5.01 Å². The molecule has 1 heterocycles. The third kappa shape index (κ3) is 1.87. The highest BCUT2D eigenvalue weighted by atomic mass is 35.5. The fourth-order valence-corrected chi connectivity index (χ4v) is 1.82. The largest absolute Gasteiger partial charge is 0.272 e. The molecule has 0 N–H and O–H groups in total. The van der Waals surface area contributed by atoms with Crippen LogP contribution in [0.4, 0.5) is 5.69 Å². The molecule has 0 atom stereocenters. The molecule has 2 rings (SSSR count). The van der Waals surface area contributed by atoms with Crippen LogP contribution in [0.25, 0.3) is 0 Å². The first-order chi connectivity index (χ1) is 7.61. The van der Waals surface area contributed by atoms with Crippen LogP contribution in [-0.2, 0) is 4.79 Å². The molecule has 0 aliphatic carbocycles. The number of carbonyl (C=O) groups is 1. The molecule has 0 aromatic heterocycles. The van der Waals surface area contributed by atoms with Crippen LogP contribution in [0.5, 0.6) is 0 Å². The van der Waals surface area contributed by atoms with Gasteiger partial charge in [-0.05, 0) is 18.2 Å². The Kier molecular flexibility index (Phi) is 2.82. The van der Waals surface area contributed by atoms with Crippen LogP contribution in [0.1, 0.15) is 6.42 Å². The Morgan fingerprint density at radius 3 is 2.75 bits per heavy atom. The highest BCUT2D eigenvalue weighted by molar-refractivity contribution is 6.37. The van der Waals surface area contributed by atoms with Gasteiger partial charge in [-0.25, -0.2) is 0 Å². The van der Waals surface area contributed by atoms with E-state index in [1.54, 1.807) is 12.1 Å². The smallest absolute Gasteiger partial charge is 0.254 e. The van der Waals surface area contributed by atoms with Crippen molar-refractivity contribution >= 4 is 40.5 Å². The summed E-state index contributed by atoms with van der Waals surface area (Å²) in [5.74, 6) is -0.277. The Labute approximate surface area is 102 Å². The number of anilines is 1. The number of nitrogens with zero attached hydrogens (tertiary/aromatic N) is 3. The number of hydrogen-bond acceptors (Lipinski definition) is 3. The fraction of sp³-hybridized carbons (Fsp3) is 0.100. The molecule has 0 saturated heterocycles. The van der Waals surface area contributed by atoms with Gasteiger partial charge in [-0.2, -0.15) is 15.4 Å². The van der Waals surface area contributed by atoms with Crippen molar-refractivity contribution in [2.45, 2.75) is 6.42 Å². The molecule has 80 valence electrons. The van der Waals surface area contributed by atoms with Crippen LogP contribution in [0, 0.1) is 11.3 Å². The maximum Gasteiger partial charge on any atom is 0.254 e. The van der Waals surface area contributed by atoms with Gasteiger partial charge in [-0.15, -0.1) is 0 Å². The summed E-state index contributed by atoms with van der Waals surface area (Å²) in [5, 5.41) is 14.4. The Bertz CT molecular complexity index is 533. The van der Waals surface area contributed by atoms with Crippen LogP contribution in [0.3, 0.4) is 0 Å². The Morgan fingerprint density at radius 2 is 2.19 bits per heavy atom. The highest BCUT2D eigenvalue weighted by Crippen LogP contribution is 2.31. The van der Waals surface area contributed by atoms with Crippen molar-refractivity contribution in [3.63, 3.8) is 0 Å². The lowest BCUT2D eigenvalue weighted by atomic mass is 10.3. The number of hydrogen-bond donors (Lipinski definition) is 0. The summed E-state index contributed by atoms with van der Waals surface area (Å²) < 4.78 is 0. The van der Waals surface area contributed by atoms with E-state index in [0.29, 0.717) is 15.7 Å². The number of hydrazone groups is 1. The molecule has 1 amide bonds. The number of rotatable bonds is 1. The second-order valence-corrected chi connectivity index (χ2v) is 3.98. The second-order valence-electron chi connectivity index (χ2n) is 3.14. The number of benzene rings is 1. The second kappa shape index (κ2) is 4.12. The summed E-state index contributed by atoms with van der Waals surface area (Å²) in [7, 11) is 0. The summed E-state index contributed by atoms with van der Waals surface area (Å²) in [6, 6.07) is 6.56. The van der Waals surface area contributed by atoms with Gasteiger partial charge in [0.15, 0.2) is 0 Å². The van der Waals surface area contributed by atoms with Crippen molar-refractivity contribution in [3.8, 4) is 6.07 Å². The van der Waals surface area contributed by atoms with Gasteiger partial charge in [0.25, 0.3) is 5.91 Å². The molecule has 4 nitrogen and oxygen atoms in total. The first-order valence-electron chi connectivity index (χ1n) is 4.37. The van der Waals surface area contributed by atoms with Gasteiger partial charge >= 0.3 is 0 Å². The molecular weight excluding hydrogens is 249 g/mol. The lowest BCUT2D eigenvalue weighted by Crippen LogP contribution is -2.19. The Morgan fingerprint density at radius 1 is 1.44 bits per heavy atom. The maximum absolute atomic E-state index is 11.5. The van der Waals surface area contributed by atoms with Gasteiger partial charge in [-0.1, -0.05) is 23.2 Å². The van der Waals surface area contributed by atoms with E-state index in [2.05, 4.69) is 5.10 Å². The quantitative estimate of drug-likeness (QED) is 0.773. The van der Waals surface area contributed by atoms with E-state index in [0.717, 1.165) is 5.01 Å². The van der Waals surface area contributed by atoms with Gasteiger partial charge in [0.1, 0.15) is 11.8 Å². The van der Waals surface area contributed by atoms with Gasteiger partial charge < -0.3 is 0 Å². The van der Waals surface area contributed by atoms with Crippen molar-refractivity contribution in [2.24, 2.45) is 5.10 Å². The zero-order chi connectivity index (χ0) is 11.7. The minimum atomic E-state index is -0.277. The summed E-state index contributed by atoms with van der Waals surface area (Å²) in [6.45, 7) is 0. The van der Waals surface area contributed by atoms with E-state index in [-0.39, 0.29) is 18.0 Å². The monoisotopic (exact) mass is 253 g/mol. The Hall–Kier alpha value is -1.57. The maximum atomic E-state index is 11.5. The molecule has 1 aromatic rings. The molecule has 0 unspecified atom stereocenters. The first kappa shape index (κ1) is 10.9. The minimum Gasteiger partial charge on any atom is -0.272 e. The standard InChI is InChI=1S/C10H5Cl2N3O/c11-6-1-2-9(8(12)3-6)15-10(16)4-7(5-13)14-15/h1-3H,4H2. The third-order valence-corrected chi connectivity index (χ3v) is 2.58. The predicted octanol–water partition coefficient (Wildman–Crippen LogP) is 2.61. The van der Waals surface area contributed by atoms with Gasteiger partial charge in [0.05, 0.1) is 17.1 Å². The third-order valence-electron chi connectivity index (χ3n) is 2.04. The predicted molar refractivity (Wildman–Crippen MR) is 61.6 cm³/mol. The summed E-state index contributed by atoms with van der Waals surface area (Å²) in [4.78, 5) is 11.5. The summed E-state index contributed by atoms with van der Waals surface area (Å²) in [5.41, 5.74) is 0.609. The molecular formula is C10H5Cl2N3O. The minimum absolute atomic E-state index is 0.00938. The summed E-state index contributed by atoms with van der Waals surface area (Å²) >= 11 is 11.7. The molecule has 0 saturated carbocycles. The highest BCUT2D eigenvalue weighted by Gasteiger charge is 2.26. The average molecular weight is 254 g/mol. The number of amides is 1. The van der Waals surface area contributed by atoms with Crippen LogP contribution in [0.2, 0.25) is 10.0 Å². The van der Waals surface area contributed by atoms with Crippen molar-refractivity contribution in [3.05, 3.63) is 28.2 Å². The van der Waals surface area contributed by atoms with Crippen LogP contribution in [0.15, 0.2) is 23.3 Å². The van der Waals surface area contributed by atoms with Crippen molar-refractivity contribution in [1.82, 2.24) is 0 Å². The van der Waals surface area contributed by atoms with Crippen LogP contribution >= 0.6 is 23.2 Å². The molecule has 0 bridgehead atoms. The zero-order valence-corrected chi connectivity index (χ0v) is 9.46. The zero-order valence-electron chi connectivity index (χ0n) is 7.94. The van der Waals surface area contributed by atoms with Crippen molar-refractivity contribution in [1.29, 1.82) is 5.26 Å². The van der Waals surface area contributed by atoms with Crippen molar-refractivity contribution in [2.75, 3.05) is 5.01 Å². The van der Waals surface area contributed by atoms with Crippen LogP contribution in [-0.4, -0.2) is 11.6 Å². The van der Waals surface area contributed by atoms with E-state index in [4.69, 9.17) is 28.5 Å². The molecule has 6 heteroatoms. The fourth-order valence-electron chi connectivity index (χ4n) is 1.33. The van der Waals surface area contributed by atoms with E-state index in [1.807, 2.05) is 6.07 Å². The summed E-state index contributed by atoms with van der Waals surface area (Å²) in [6.07, 6.45) is 0.00938. The van der Waals surface area contributed by atoms with E-state index >= 15 is 0 Å². The normalized spacial score (nSPS) is 14.9. The topological polar surface area (TPSA) is 56.5 Å². The first-order valence-corrected chi connectivity index (χ1v) is 5.13. The van der Waals surface area contributed by atoms with Gasteiger partial charge in [-0.3, -0.25) is 4.79 Å². The number of carbonyl (C=O) groups excluding carboxylic acids is 1. The van der Waals surface area contributed by atoms with E-state index in [9.17, 15) is 4.79 Å². The van der Waals surface area contributed by atoms with E-state index < -0.39 is 0 Å². The lowest BCUT2D eigenvalue weighted by Gasteiger charge is -2.13. The molecule has 1 aliphatic heterocycles. The Balaban J connectivity index is 2.42. The molecule has 1 aliphatic rings. The number of nitriles is 1. The van der Waals surface area contributed by atoms with Gasteiger partial charge in [0.2, 0.25) is 0 Å². The molecule has 0 radical (unpaired) electrons. The average Bonchev–Trinajstić information content (AvgIpc) is 2.60. The lowest BCUT2D eigenvalue weighted by molar-refractivity contribution is -0.116. The molecule has 16 heavy (non-hydrogen) atoms. The van der Waals surface area contributed by atoms with Crippen molar-refractivity contribution < 1.29 is 4.79 Å². The molecule has 0 fully saturated rings. The van der Waals surface area contributed by atoms with Gasteiger partial charge in [0, 0.05) is 5.02 Å². The number of halogens is 2. The van der Waals surface area contributed by atoms with E-state index in [1.165, 1.54) is 6.07 Å². The molecule has 0 spiro atoms.